The zero-order valence-electron chi connectivity index (χ0n) is 9.23. The molecule has 0 atom stereocenters. The summed E-state index contributed by atoms with van der Waals surface area (Å²) in [5.41, 5.74) is 1.82. The van der Waals surface area contributed by atoms with Crippen molar-refractivity contribution >= 4 is 34.1 Å². The van der Waals surface area contributed by atoms with Crippen LogP contribution in [0.3, 0.4) is 0 Å². The summed E-state index contributed by atoms with van der Waals surface area (Å²) in [4.78, 5) is 18.8. The van der Waals surface area contributed by atoms with Gasteiger partial charge >= 0.3 is 0 Å². The van der Waals surface area contributed by atoms with Crippen molar-refractivity contribution in [1.82, 2.24) is 9.97 Å². The van der Waals surface area contributed by atoms with Gasteiger partial charge in [-0.3, -0.25) is 9.78 Å². The van der Waals surface area contributed by atoms with Crippen LogP contribution in [0.25, 0.3) is 21.7 Å². The van der Waals surface area contributed by atoms with E-state index in [4.69, 9.17) is 0 Å². The Morgan fingerprint density at radius 2 is 1.88 bits per heavy atom. The average molecular weight is 247 g/mol. The van der Waals surface area contributed by atoms with E-state index in [1.165, 1.54) is 0 Å². The first kappa shape index (κ1) is 11.6. The molecular weight excluding hydrogens is 236 g/mol. The highest BCUT2D eigenvalue weighted by Crippen LogP contribution is 2.22. The second-order valence-electron chi connectivity index (χ2n) is 3.88. The Morgan fingerprint density at radius 1 is 1.12 bits per heavy atom. The minimum Gasteiger partial charge on any atom is -0.321 e. The van der Waals surface area contributed by atoms with Gasteiger partial charge in [-0.1, -0.05) is 18.2 Å². The molecule has 0 saturated carbocycles. The highest BCUT2D eigenvalue weighted by atomic mass is 35.5. The van der Waals surface area contributed by atoms with E-state index in [1.807, 2.05) is 31.2 Å². The smallest absolute Gasteiger partial charge is 0.257 e. The molecule has 0 aliphatic rings. The van der Waals surface area contributed by atoms with Crippen LogP contribution in [0.15, 0.2) is 41.5 Å². The summed E-state index contributed by atoms with van der Waals surface area (Å²) in [6, 6.07) is 7.82. The normalized spacial score (nSPS) is 10.4. The van der Waals surface area contributed by atoms with Crippen LogP contribution in [0.5, 0.6) is 0 Å². The molecule has 3 rings (SSSR count). The fourth-order valence-corrected chi connectivity index (χ4v) is 2.09. The number of aromatic nitrogens is 2. The van der Waals surface area contributed by atoms with E-state index in [1.54, 1.807) is 12.4 Å². The molecule has 3 aromatic rings. The Bertz CT molecular complexity index is 749. The van der Waals surface area contributed by atoms with Crippen molar-refractivity contribution in [2.75, 3.05) is 0 Å². The summed E-state index contributed by atoms with van der Waals surface area (Å²) >= 11 is 0. The van der Waals surface area contributed by atoms with Gasteiger partial charge in [0.2, 0.25) is 0 Å². The summed E-state index contributed by atoms with van der Waals surface area (Å²) in [6.45, 7) is 1.97. The van der Waals surface area contributed by atoms with Gasteiger partial charge in [-0.05, 0) is 18.6 Å². The SMILES string of the molecule is Cc1cncc2c(=O)[nH]c3ccccc3c12.Cl. The van der Waals surface area contributed by atoms with Gasteiger partial charge in [0, 0.05) is 28.7 Å². The number of nitrogens with zero attached hydrogens (tertiary/aromatic N) is 1. The molecule has 0 unspecified atom stereocenters. The number of pyridine rings is 2. The van der Waals surface area contributed by atoms with Gasteiger partial charge in [0.05, 0.1) is 5.39 Å². The molecule has 0 radical (unpaired) electrons. The third-order valence-electron chi connectivity index (χ3n) is 2.82. The van der Waals surface area contributed by atoms with Gasteiger partial charge < -0.3 is 4.98 Å². The predicted octanol–water partition coefficient (Wildman–Crippen LogP) is 2.81. The lowest BCUT2D eigenvalue weighted by Crippen LogP contribution is -2.07. The first-order chi connectivity index (χ1) is 7.77. The van der Waals surface area contributed by atoms with Crippen LogP contribution in [-0.2, 0) is 0 Å². The number of para-hydroxylation sites is 1. The first-order valence-electron chi connectivity index (χ1n) is 5.13. The fraction of sp³-hybridized carbons (Fsp3) is 0.0769. The van der Waals surface area contributed by atoms with Gasteiger partial charge in [-0.2, -0.15) is 0 Å². The van der Waals surface area contributed by atoms with Gasteiger partial charge in [0.25, 0.3) is 5.56 Å². The molecule has 0 spiro atoms. The Morgan fingerprint density at radius 3 is 2.71 bits per heavy atom. The summed E-state index contributed by atoms with van der Waals surface area (Å²) in [6.07, 6.45) is 3.40. The molecule has 86 valence electrons. The quantitative estimate of drug-likeness (QED) is 0.620. The lowest BCUT2D eigenvalue weighted by molar-refractivity contribution is 1.27. The van der Waals surface area contributed by atoms with Crippen LogP contribution in [0.1, 0.15) is 5.56 Å². The van der Waals surface area contributed by atoms with Crippen LogP contribution < -0.4 is 5.56 Å². The molecule has 0 fully saturated rings. The Hall–Kier alpha value is -1.87. The lowest BCUT2D eigenvalue weighted by atomic mass is 10.0. The maximum atomic E-state index is 11.8. The zero-order chi connectivity index (χ0) is 11.1. The molecule has 0 aliphatic carbocycles. The van der Waals surface area contributed by atoms with Crippen molar-refractivity contribution < 1.29 is 0 Å². The molecule has 17 heavy (non-hydrogen) atoms. The van der Waals surface area contributed by atoms with E-state index < -0.39 is 0 Å². The molecule has 0 bridgehead atoms. The number of H-pyrrole nitrogens is 1. The molecular formula is C13H11ClN2O. The molecule has 0 aliphatic heterocycles. The van der Waals surface area contributed by atoms with Crippen LogP contribution in [-0.4, -0.2) is 9.97 Å². The molecule has 1 aromatic carbocycles. The Kier molecular flexibility index (Phi) is 2.86. The van der Waals surface area contributed by atoms with E-state index in [0.29, 0.717) is 5.39 Å². The molecule has 2 aromatic heterocycles. The third kappa shape index (κ3) is 1.68. The van der Waals surface area contributed by atoms with Crippen LogP contribution in [0, 0.1) is 6.92 Å². The molecule has 1 N–H and O–H groups in total. The van der Waals surface area contributed by atoms with E-state index in [-0.39, 0.29) is 18.0 Å². The van der Waals surface area contributed by atoms with E-state index in [0.717, 1.165) is 21.9 Å². The third-order valence-corrected chi connectivity index (χ3v) is 2.82. The average Bonchev–Trinajstić information content (AvgIpc) is 2.30. The summed E-state index contributed by atoms with van der Waals surface area (Å²) < 4.78 is 0. The van der Waals surface area contributed by atoms with Crippen LogP contribution in [0.4, 0.5) is 0 Å². The van der Waals surface area contributed by atoms with Crippen LogP contribution >= 0.6 is 12.4 Å². The summed E-state index contributed by atoms with van der Waals surface area (Å²) in [5.74, 6) is 0. The van der Waals surface area contributed by atoms with Crippen molar-refractivity contribution in [3.63, 3.8) is 0 Å². The molecule has 0 amide bonds. The molecule has 3 nitrogen and oxygen atoms in total. The van der Waals surface area contributed by atoms with E-state index in [2.05, 4.69) is 9.97 Å². The number of hydrogen-bond acceptors (Lipinski definition) is 2. The lowest BCUT2D eigenvalue weighted by Gasteiger charge is -2.05. The van der Waals surface area contributed by atoms with Crippen molar-refractivity contribution in [3.05, 3.63) is 52.6 Å². The number of aryl methyl sites for hydroxylation is 1. The number of benzene rings is 1. The Balaban J connectivity index is 0.00000108. The largest absolute Gasteiger partial charge is 0.321 e. The van der Waals surface area contributed by atoms with Gasteiger partial charge in [-0.15, -0.1) is 12.4 Å². The Labute approximate surface area is 104 Å². The minimum absolute atomic E-state index is 0. The first-order valence-corrected chi connectivity index (χ1v) is 5.13. The minimum atomic E-state index is -0.0788. The summed E-state index contributed by atoms with van der Waals surface area (Å²) in [5, 5.41) is 2.71. The number of nitrogens with one attached hydrogen (secondary N) is 1. The van der Waals surface area contributed by atoms with Crippen LogP contribution in [0.2, 0.25) is 0 Å². The molecule has 0 saturated heterocycles. The van der Waals surface area contributed by atoms with Crippen molar-refractivity contribution in [2.24, 2.45) is 0 Å². The number of fused-ring (bicyclic) bond motifs is 3. The second kappa shape index (κ2) is 4.18. The number of halogens is 1. The number of hydrogen-bond donors (Lipinski definition) is 1. The molecule has 4 heteroatoms. The summed E-state index contributed by atoms with van der Waals surface area (Å²) in [7, 11) is 0. The highest BCUT2D eigenvalue weighted by molar-refractivity contribution is 6.06. The topological polar surface area (TPSA) is 45.8 Å². The number of rotatable bonds is 0. The number of aromatic amines is 1. The second-order valence-corrected chi connectivity index (χ2v) is 3.88. The zero-order valence-corrected chi connectivity index (χ0v) is 10.0. The van der Waals surface area contributed by atoms with Crippen molar-refractivity contribution in [3.8, 4) is 0 Å². The highest BCUT2D eigenvalue weighted by Gasteiger charge is 2.06. The molecule has 2 heterocycles. The maximum absolute atomic E-state index is 11.8. The monoisotopic (exact) mass is 246 g/mol. The van der Waals surface area contributed by atoms with Gasteiger partial charge in [-0.25, -0.2) is 0 Å². The van der Waals surface area contributed by atoms with E-state index >= 15 is 0 Å². The van der Waals surface area contributed by atoms with Crippen molar-refractivity contribution in [1.29, 1.82) is 0 Å². The standard InChI is InChI=1S/C13H10N2O.ClH/c1-8-6-14-7-10-12(8)9-4-2-3-5-11(9)15-13(10)16;/h2-7H,1H3,(H,15,16);1H. The van der Waals surface area contributed by atoms with E-state index in [9.17, 15) is 4.79 Å². The predicted molar refractivity (Wildman–Crippen MR) is 71.9 cm³/mol. The van der Waals surface area contributed by atoms with Crippen molar-refractivity contribution in [2.45, 2.75) is 6.92 Å². The maximum Gasteiger partial charge on any atom is 0.257 e. The van der Waals surface area contributed by atoms with Gasteiger partial charge in [0.1, 0.15) is 0 Å². The fourth-order valence-electron chi connectivity index (χ4n) is 2.09. The van der Waals surface area contributed by atoms with Gasteiger partial charge in [0.15, 0.2) is 0 Å².